The van der Waals surface area contributed by atoms with Crippen LogP contribution in [0.15, 0.2) is 33.9 Å². The highest BCUT2D eigenvalue weighted by atomic mass is 79.9. The lowest BCUT2D eigenvalue weighted by molar-refractivity contribution is 0.395. The third kappa shape index (κ3) is 2.27. The Hall–Kier alpha value is -0.570. The van der Waals surface area contributed by atoms with Crippen LogP contribution in [0.3, 0.4) is 0 Å². The lowest BCUT2D eigenvalue weighted by Gasteiger charge is -2.30. The van der Waals surface area contributed by atoms with Crippen molar-refractivity contribution in [2.24, 2.45) is 0 Å². The van der Waals surface area contributed by atoms with Crippen molar-refractivity contribution in [2.45, 2.75) is 33.7 Å². The van der Waals surface area contributed by atoms with Gasteiger partial charge in [-0.15, -0.1) is 0 Å². The van der Waals surface area contributed by atoms with E-state index in [1.54, 1.807) is 12.3 Å². The summed E-state index contributed by atoms with van der Waals surface area (Å²) >= 11 is 3.19. The molecule has 0 amide bonds. The Balaban J connectivity index is 3.01. The number of hydrogen-bond donors (Lipinski definition) is 0. The van der Waals surface area contributed by atoms with Gasteiger partial charge in [0.2, 0.25) is 0 Å². The fourth-order valence-electron chi connectivity index (χ4n) is 1.33. The van der Waals surface area contributed by atoms with E-state index >= 15 is 0 Å². The lowest BCUT2D eigenvalue weighted by atomic mass is 10.1. The van der Waals surface area contributed by atoms with E-state index in [2.05, 4.69) is 34.7 Å². The molecular weight excluding hydrogens is 245 g/mol. The van der Waals surface area contributed by atoms with Crippen LogP contribution in [-0.2, 0) is 0 Å². The van der Waals surface area contributed by atoms with E-state index in [0.717, 1.165) is 0 Å². The van der Waals surface area contributed by atoms with Gasteiger partial charge in [0, 0.05) is 11.9 Å². The molecule has 0 aromatic rings. The van der Waals surface area contributed by atoms with Gasteiger partial charge in [-0.2, -0.15) is 0 Å². The Kier molecular flexibility index (Phi) is 3.53. The summed E-state index contributed by atoms with van der Waals surface area (Å²) in [4.78, 5) is 2.06. The average Bonchev–Trinajstić information content (AvgIpc) is 2.10. The van der Waals surface area contributed by atoms with Gasteiger partial charge in [-0.25, -0.2) is 4.39 Å². The molecular formula is C11H15BrFN. The van der Waals surface area contributed by atoms with Crippen molar-refractivity contribution in [1.82, 2.24) is 4.90 Å². The van der Waals surface area contributed by atoms with Gasteiger partial charge in [0.05, 0.1) is 10.5 Å². The summed E-state index contributed by atoms with van der Waals surface area (Å²) in [5.74, 6) is -0.185. The molecule has 1 nitrogen and oxygen atoms in total. The third-order valence-electron chi connectivity index (χ3n) is 2.42. The van der Waals surface area contributed by atoms with Crippen molar-refractivity contribution in [3.05, 3.63) is 33.9 Å². The smallest absolute Gasteiger partial charge is 0.136 e. The minimum absolute atomic E-state index is 0.0752. The number of allylic oxidation sites excluding steroid dienone is 4. The van der Waals surface area contributed by atoms with Crippen LogP contribution in [0.2, 0.25) is 0 Å². The van der Waals surface area contributed by atoms with Gasteiger partial charge in [-0.1, -0.05) is 5.57 Å². The van der Waals surface area contributed by atoms with E-state index < -0.39 is 0 Å². The molecule has 1 rings (SSSR count). The highest BCUT2D eigenvalue weighted by Gasteiger charge is 2.18. The van der Waals surface area contributed by atoms with E-state index in [9.17, 15) is 4.39 Å². The van der Waals surface area contributed by atoms with Gasteiger partial charge in [0.15, 0.2) is 0 Å². The molecule has 3 heteroatoms. The van der Waals surface area contributed by atoms with E-state index in [4.69, 9.17) is 0 Å². The summed E-state index contributed by atoms with van der Waals surface area (Å²) in [6, 6.07) is 0.0752. The van der Waals surface area contributed by atoms with E-state index in [1.807, 2.05) is 13.8 Å². The number of rotatable bonds is 1. The SMILES string of the molecule is CC(C)=C(C)N1C=C(Br)C(F)=CC1C. The van der Waals surface area contributed by atoms with Crippen molar-refractivity contribution in [2.75, 3.05) is 0 Å². The molecule has 1 aliphatic heterocycles. The van der Waals surface area contributed by atoms with Crippen LogP contribution < -0.4 is 0 Å². The molecule has 0 saturated heterocycles. The maximum atomic E-state index is 13.2. The van der Waals surface area contributed by atoms with Crippen molar-refractivity contribution < 1.29 is 4.39 Å². The average molecular weight is 260 g/mol. The van der Waals surface area contributed by atoms with Crippen LogP contribution >= 0.6 is 15.9 Å². The molecule has 0 bridgehead atoms. The standard InChI is InChI=1S/C11H15BrFN/c1-7(2)9(4)14-6-10(12)11(13)5-8(14)3/h5-6,8H,1-4H3. The van der Waals surface area contributed by atoms with Crippen LogP contribution in [0.5, 0.6) is 0 Å². The van der Waals surface area contributed by atoms with Crippen LogP contribution in [0.25, 0.3) is 0 Å². The Bertz CT molecular complexity index is 324. The monoisotopic (exact) mass is 259 g/mol. The molecule has 0 N–H and O–H groups in total. The minimum atomic E-state index is -0.185. The van der Waals surface area contributed by atoms with Gasteiger partial charge in [-0.05, 0) is 49.7 Å². The van der Waals surface area contributed by atoms with E-state index in [-0.39, 0.29) is 11.9 Å². The lowest BCUT2D eigenvalue weighted by Crippen LogP contribution is -2.28. The molecule has 0 spiro atoms. The highest BCUT2D eigenvalue weighted by Crippen LogP contribution is 2.29. The molecule has 0 fully saturated rings. The normalized spacial score (nSPS) is 21.6. The van der Waals surface area contributed by atoms with Crippen LogP contribution in [0.1, 0.15) is 27.7 Å². The second-order valence-electron chi connectivity index (χ2n) is 3.72. The predicted octanol–water partition coefficient (Wildman–Crippen LogP) is 4.09. The van der Waals surface area contributed by atoms with Crippen molar-refractivity contribution in [3.63, 3.8) is 0 Å². The molecule has 0 aromatic carbocycles. The second kappa shape index (κ2) is 4.30. The van der Waals surface area contributed by atoms with Crippen LogP contribution in [0.4, 0.5) is 4.39 Å². The molecule has 0 aliphatic carbocycles. The molecule has 78 valence electrons. The van der Waals surface area contributed by atoms with Crippen molar-refractivity contribution in [3.8, 4) is 0 Å². The van der Waals surface area contributed by atoms with E-state index in [1.165, 1.54) is 11.3 Å². The number of hydrogen-bond acceptors (Lipinski definition) is 1. The molecule has 1 unspecified atom stereocenters. The minimum Gasteiger partial charge on any atom is -0.344 e. The Labute approximate surface area is 93.1 Å². The summed E-state index contributed by atoms with van der Waals surface area (Å²) in [6.45, 7) is 8.12. The molecule has 14 heavy (non-hydrogen) atoms. The topological polar surface area (TPSA) is 3.24 Å². The van der Waals surface area contributed by atoms with E-state index in [0.29, 0.717) is 4.48 Å². The summed E-state index contributed by atoms with van der Waals surface area (Å²) in [5.41, 5.74) is 2.40. The Morgan fingerprint density at radius 3 is 2.50 bits per heavy atom. The molecule has 1 heterocycles. The fraction of sp³-hybridized carbons (Fsp3) is 0.455. The molecule has 1 atom stereocenters. The van der Waals surface area contributed by atoms with Crippen molar-refractivity contribution >= 4 is 15.9 Å². The van der Waals surface area contributed by atoms with Gasteiger partial charge in [0.25, 0.3) is 0 Å². The maximum absolute atomic E-state index is 13.2. The first-order valence-corrected chi connectivity index (χ1v) is 5.40. The molecule has 0 saturated carbocycles. The second-order valence-corrected chi connectivity index (χ2v) is 4.58. The number of halogens is 2. The van der Waals surface area contributed by atoms with Crippen molar-refractivity contribution in [1.29, 1.82) is 0 Å². The zero-order valence-corrected chi connectivity index (χ0v) is 10.5. The zero-order chi connectivity index (χ0) is 10.9. The van der Waals surface area contributed by atoms with Crippen LogP contribution in [0, 0.1) is 0 Å². The molecule has 0 radical (unpaired) electrons. The number of nitrogens with zero attached hydrogens (tertiary/aromatic N) is 1. The maximum Gasteiger partial charge on any atom is 0.136 e. The summed E-state index contributed by atoms with van der Waals surface area (Å²) in [5, 5.41) is 0. The summed E-state index contributed by atoms with van der Waals surface area (Å²) in [7, 11) is 0. The first-order valence-electron chi connectivity index (χ1n) is 4.61. The largest absolute Gasteiger partial charge is 0.344 e. The highest BCUT2D eigenvalue weighted by molar-refractivity contribution is 9.11. The zero-order valence-electron chi connectivity index (χ0n) is 8.94. The summed E-state index contributed by atoms with van der Waals surface area (Å²) < 4.78 is 13.7. The Morgan fingerprint density at radius 2 is 2.00 bits per heavy atom. The fourth-order valence-corrected chi connectivity index (χ4v) is 1.69. The first kappa shape index (κ1) is 11.5. The van der Waals surface area contributed by atoms with Gasteiger partial charge < -0.3 is 4.90 Å². The van der Waals surface area contributed by atoms with Gasteiger partial charge in [-0.3, -0.25) is 0 Å². The molecule has 0 aromatic heterocycles. The quantitative estimate of drug-likeness (QED) is 0.686. The van der Waals surface area contributed by atoms with Gasteiger partial charge >= 0.3 is 0 Å². The third-order valence-corrected chi connectivity index (χ3v) is 3.00. The van der Waals surface area contributed by atoms with Crippen LogP contribution in [-0.4, -0.2) is 10.9 Å². The first-order chi connectivity index (χ1) is 6.43. The predicted molar refractivity (Wildman–Crippen MR) is 61.6 cm³/mol. The van der Waals surface area contributed by atoms with Gasteiger partial charge in [0.1, 0.15) is 5.83 Å². The summed E-state index contributed by atoms with van der Waals surface area (Å²) in [6.07, 6.45) is 3.40. The Morgan fingerprint density at radius 1 is 1.43 bits per heavy atom. The molecule has 1 aliphatic rings.